The van der Waals surface area contributed by atoms with Crippen LogP contribution < -0.4 is 11.1 Å². The van der Waals surface area contributed by atoms with Crippen molar-refractivity contribution in [2.45, 2.75) is 27.3 Å². The first kappa shape index (κ1) is 13.5. The Balaban J connectivity index is 2.18. The second kappa shape index (κ2) is 5.40. The number of hydrogen-bond acceptors (Lipinski definition) is 4. The molecule has 0 unspecified atom stereocenters. The zero-order valence-corrected chi connectivity index (χ0v) is 12.1. The molecule has 0 bridgehead atoms. The zero-order chi connectivity index (χ0) is 14.0. The largest absolute Gasteiger partial charge is 0.380 e. The molecule has 1 amide bonds. The maximum atomic E-state index is 11.3. The predicted molar refractivity (Wildman–Crippen MR) is 78.6 cm³/mol. The number of aromatic nitrogens is 1. The van der Waals surface area contributed by atoms with Crippen LogP contribution in [0.25, 0.3) is 0 Å². The molecule has 5 heteroatoms. The highest BCUT2D eigenvalue weighted by Gasteiger charge is 2.09. The number of nitrogens with two attached hydrogens (primary N) is 1. The molecule has 0 aliphatic heterocycles. The smallest absolute Gasteiger partial charge is 0.249 e. The first-order chi connectivity index (χ1) is 8.99. The van der Waals surface area contributed by atoms with Crippen molar-refractivity contribution in [3.8, 4) is 0 Å². The molecule has 0 radical (unpaired) electrons. The molecule has 0 aliphatic rings. The molecule has 0 spiro atoms. The van der Waals surface area contributed by atoms with Crippen LogP contribution in [0.3, 0.4) is 0 Å². The van der Waals surface area contributed by atoms with Gasteiger partial charge < -0.3 is 11.1 Å². The molecule has 100 valence electrons. The molecule has 4 nitrogen and oxygen atoms in total. The first-order valence-corrected chi connectivity index (χ1v) is 6.87. The summed E-state index contributed by atoms with van der Waals surface area (Å²) in [6.07, 6.45) is 0. The third-order valence-corrected chi connectivity index (χ3v) is 4.11. The van der Waals surface area contributed by atoms with Gasteiger partial charge in [0.2, 0.25) is 5.91 Å². The van der Waals surface area contributed by atoms with Gasteiger partial charge in [-0.3, -0.25) is 4.79 Å². The summed E-state index contributed by atoms with van der Waals surface area (Å²) in [5.74, 6) is -0.397. The number of hydrogen-bond donors (Lipinski definition) is 2. The Morgan fingerprint density at radius 2 is 2.11 bits per heavy atom. The van der Waals surface area contributed by atoms with Crippen LogP contribution in [0, 0.1) is 20.8 Å². The summed E-state index contributed by atoms with van der Waals surface area (Å²) in [5, 5.41) is 4.41. The highest BCUT2D eigenvalue weighted by atomic mass is 32.1. The minimum atomic E-state index is -0.397. The molecule has 2 aromatic rings. The van der Waals surface area contributed by atoms with Crippen molar-refractivity contribution in [2.24, 2.45) is 5.73 Å². The lowest BCUT2D eigenvalue weighted by atomic mass is 10.1. The molecule has 1 aromatic heterocycles. The van der Waals surface area contributed by atoms with E-state index in [2.05, 4.69) is 10.3 Å². The Hall–Kier alpha value is -1.88. The van der Waals surface area contributed by atoms with E-state index in [1.807, 2.05) is 32.9 Å². The van der Waals surface area contributed by atoms with Gasteiger partial charge in [-0.1, -0.05) is 6.07 Å². The zero-order valence-electron chi connectivity index (χ0n) is 11.3. The number of carbonyl (C=O) groups is 1. The average Bonchev–Trinajstić information content (AvgIpc) is 2.66. The number of nitrogens with one attached hydrogen (secondary N) is 1. The van der Waals surface area contributed by atoms with Crippen LogP contribution in [0.5, 0.6) is 0 Å². The van der Waals surface area contributed by atoms with Gasteiger partial charge >= 0.3 is 0 Å². The SMILES string of the molecule is Cc1nc(C)c(CNc2cccc(C(N)=O)c2C)s1. The normalized spacial score (nSPS) is 10.5. The lowest BCUT2D eigenvalue weighted by molar-refractivity contribution is 0.1000. The summed E-state index contributed by atoms with van der Waals surface area (Å²) < 4.78 is 0. The quantitative estimate of drug-likeness (QED) is 0.901. The predicted octanol–water partition coefficient (Wildman–Crippen LogP) is 2.78. The average molecular weight is 275 g/mol. The van der Waals surface area contributed by atoms with Crippen LogP contribution in [0.1, 0.15) is 31.5 Å². The fraction of sp³-hybridized carbons (Fsp3) is 0.286. The van der Waals surface area contributed by atoms with E-state index in [0.29, 0.717) is 12.1 Å². The van der Waals surface area contributed by atoms with Crippen LogP contribution >= 0.6 is 11.3 Å². The number of nitrogens with zero attached hydrogens (tertiary/aromatic N) is 1. The Morgan fingerprint density at radius 3 is 2.68 bits per heavy atom. The minimum Gasteiger partial charge on any atom is -0.380 e. The molecule has 3 N–H and O–H groups in total. The Morgan fingerprint density at radius 1 is 1.37 bits per heavy atom. The maximum Gasteiger partial charge on any atom is 0.249 e. The van der Waals surface area contributed by atoms with Crippen LogP contribution in [0.2, 0.25) is 0 Å². The van der Waals surface area contributed by atoms with E-state index in [4.69, 9.17) is 5.73 Å². The first-order valence-electron chi connectivity index (χ1n) is 6.05. The number of amides is 1. The van der Waals surface area contributed by atoms with E-state index < -0.39 is 5.91 Å². The highest BCUT2D eigenvalue weighted by molar-refractivity contribution is 7.11. The van der Waals surface area contributed by atoms with Crippen molar-refractivity contribution >= 4 is 22.9 Å². The van der Waals surface area contributed by atoms with Gasteiger partial charge in [-0.05, 0) is 38.5 Å². The Labute approximate surface area is 116 Å². The molecule has 1 aromatic carbocycles. The van der Waals surface area contributed by atoms with Gasteiger partial charge in [-0.15, -0.1) is 11.3 Å². The van der Waals surface area contributed by atoms with Crippen LogP contribution in [0.15, 0.2) is 18.2 Å². The van der Waals surface area contributed by atoms with Gasteiger partial charge in [0.15, 0.2) is 0 Å². The summed E-state index contributed by atoms with van der Waals surface area (Å²) in [7, 11) is 0. The molecule has 0 fully saturated rings. The second-order valence-corrected chi connectivity index (χ2v) is 5.73. The van der Waals surface area contributed by atoms with Crippen LogP contribution in [0.4, 0.5) is 5.69 Å². The summed E-state index contributed by atoms with van der Waals surface area (Å²) >= 11 is 1.68. The van der Waals surface area contributed by atoms with E-state index in [9.17, 15) is 4.79 Å². The number of aryl methyl sites for hydroxylation is 2. The van der Waals surface area contributed by atoms with E-state index in [1.165, 1.54) is 4.88 Å². The van der Waals surface area contributed by atoms with Crippen molar-refractivity contribution in [3.63, 3.8) is 0 Å². The van der Waals surface area contributed by atoms with Crippen molar-refractivity contribution in [1.82, 2.24) is 4.98 Å². The molecule has 19 heavy (non-hydrogen) atoms. The number of thiazole rings is 1. The van der Waals surface area contributed by atoms with E-state index in [0.717, 1.165) is 22.0 Å². The lowest BCUT2D eigenvalue weighted by Gasteiger charge is -2.11. The number of primary amides is 1. The van der Waals surface area contributed by atoms with Gasteiger partial charge in [0.05, 0.1) is 17.2 Å². The van der Waals surface area contributed by atoms with Gasteiger partial charge in [-0.25, -0.2) is 4.98 Å². The highest BCUT2D eigenvalue weighted by Crippen LogP contribution is 2.22. The standard InChI is InChI=1S/C14H17N3OS/c1-8-11(14(15)18)5-4-6-12(8)16-7-13-9(2)17-10(3)19-13/h4-6,16H,7H2,1-3H3,(H2,15,18). The van der Waals surface area contributed by atoms with Gasteiger partial charge in [-0.2, -0.15) is 0 Å². The third-order valence-electron chi connectivity index (χ3n) is 3.04. The fourth-order valence-electron chi connectivity index (χ4n) is 2.01. The van der Waals surface area contributed by atoms with Crippen LogP contribution in [-0.2, 0) is 6.54 Å². The Kier molecular flexibility index (Phi) is 3.85. The number of benzene rings is 1. The molecular weight excluding hydrogens is 258 g/mol. The van der Waals surface area contributed by atoms with E-state index in [-0.39, 0.29) is 0 Å². The molecule has 0 saturated heterocycles. The number of rotatable bonds is 4. The maximum absolute atomic E-state index is 11.3. The molecular formula is C14H17N3OS. The Bertz CT molecular complexity index is 619. The van der Waals surface area contributed by atoms with Crippen molar-refractivity contribution in [3.05, 3.63) is 44.9 Å². The molecule has 2 rings (SSSR count). The van der Waals surface area contributed by atoms with Crippen molar-refractivity contribution in [1.29, 1.82) is 0 Å². The fourth-order valence-corrected chi connectivity index (χ4v) is 2.88. The monoisotopic (exact) mass is 275 g/mol. The van der Waals surface area contributed by atoms with E-state index in [1.54, 1.807) is 17.4 Å². The molecule has 0 aliphatic carbocycles. The van der Waals surface area contributed by atoms with E-state index >= 15 is 0 Å². The molecule has 0 atom stereocenters. The molecule has 1 heterocycles. The van der Waals surface area contributed by atoms with Crippen molar-refractivity contribution < 1.29 is 4.79 Å². The summed E-state index contributed by atoms with van der Waals surface area (Å²) in [4.78, 5) is 16.9. The van der Waals surface area contributed by atoms with Gasteiger partial charge in [0.1, 0.15) is 0 Å². The second-order valence-electron chi connectivity index (χ2n) is 4.44. The van der Waals surface area contributed by atoms with Crippen LogP contribution in [-0.4, -0.2) is 10.9 Å². The molecule has 0 saturated carbocycles. The van der Waals surface area contributed by atoms with Gasteiger partial charge in [0.25, 0.3) is 0 Å². The summed E-state index contributed by atoms with van der Waals surface area (Å²) in [6, 6.07) is 5.52. The van der Waals surface area contributed by atoms with Crippen molar-refractivity contribution in [2.75, 3.05) is 5.32 Å². The third kappa shape index (κ3) is 2.93. The number of carbonyl (C=O) groups excluding carboxylic acids is 1. The lowest BCUT2D eigenvalue weighted by Crippen LogP contribution is -2.13. The number of anilines is 1. The summed E-state index contributed by atoms with van der Waals surface area (Å²) in [5.41, 5.74) is 8.77. The van der Waals surface area contributed by atoms with Gasteiger partial charge in [0, 0.05) is 16.1 Å². The minimum absolute atomic E-state index is 0.397. The topological polar surface area (TPSA) is 68.0 Å². The summed E-state index contributed by atoms with van der Waals surface area (Å²) in [6.45, 7) is 6.61.